The van der Waals surface area contributed by atoms with Gasteiger partial charge in [0.05, 0.1) is 53.1 Å². The van der Waals surface area contributed by atoms with Gasteiger partial charge in [-0.05, 0) is 125 Å². The van der Waals surface area contributed by atoms with Crippen LogP contribution in [0.2, 0.25) is 0 Å². The van der Waals surface area contributed by atoms with Gasteiger partial charge < -0.3 is 37.7 Å². The standard InChI is InChI=1S/C49H67F2N4O12P/c1-8-9-30-48(31-15-11-17-34-60-53-66-64-50,32-16-12-18-35-61-54-67-65-51)39-58-37-47(63-68(62-36-19-33-52)55(40(2)3)41(4)5)38-59-49(42-20-13-10-14-21-42,43-22-26-45(56-6)27-23-43)44-24-28-46(57-7)29-25-44/h10,13-14,20-29,40-41,47,53-54H,8-9,11-12,15-16,19,30-32,36-39H2,1-7H3. The topological polar surface area (TPSA) is 162 Å². The third-order valence-corrected chi connectivity index (χ3v) is 13.0. The lowest BCUT2D eigenvalue weighted by Crippen LogP contribution is -2.40. The lowest BCUT2D eigenvalue weighted by Gasteiger charge is -2.40. The molecule has 3 aromatic rings. The lowest BCUT2D eigenvalue weighted by atomic mass is 9.75. The summed E-state index contributed by atoms with van der Waals surface area (Å²) < 4.78 is 64.6. The summed E-state index contributed by atoms with van der Waals surface area (Å²) in [6, 6.07) is 27.9. The van der Waals surface area contributed by atoms with E-state index in [0.717, 1.165) is 48.8 Å². The van der Waals surface area contributed by atoms with Gasteiger partial charge >= 0.3 is 0 Å². The van der Waals surface area contributed by atoms with Gasteiger partial charge in [-0.15, -0.1) is 0 Å². The van der Waals surface area contributed by atoms with Crippen molar-refractivity contribution in [3.63, 3.8) is 0 Å². The van der Waals surface area contributed by atoms with Crippen molar-refractivity contribution in [2.75, 3.05) is 40.6 Å². The number of hydrogen-bond donors (Lipinski definition) is 2. The molecular weight excluding hydrogens is 906 g/mol. The smallest absolute Gasteiger partial charge is 0.259 e. The highest BCUT2D eigenvalue weighted by Gasteiger charge is 2.40. The zero-order valence-corrected chi connectivity index (χ0v) is 41.0. The Hall–Kier alpha value is -4.68. The Kier molecular flexibility index (Phi) is 28.6. The highest BCUT2D eigenvalue weighted by Crippen LogP contribution is 2.48. The zero-order chi connectivity index (χ0) is 49.3. The van der Waals surface area contributed by atoms with Crippen molar-refractivity contribution in [3.8, 4) is 41.6 Å². The van der Waals surface area contributed by atoms with Crippen LogP contribution >= 0.6 is 8.53 Å². The summed E-state index contributed by atoms with van der Waals surface area (Å²) in [4.78, 5) is 17.1. The Balaban J connectivity index is 2.11. The molecule has 2 N–H and O–H groups in total. The molecule has 0 aliphatic carbocycles. The molecule has 2 unspecified atom stereocenters. The largest absolute Gasteiger partial charge is 0.497 e. The first kappa shape index (κ1) is 57.6. The number of benzene rings is 3. The molecule has 0 radical (unpaired) electrons. The normalized spacial score (nSPS) is 12.5. The molecule has 16 nitrogen and oxygen atoms in total. The molecule has 0 saturated carbocycles. The fourth-order valence-electron chi connectivity index (χ4n) is 7.75. The average molecular weight is 973 g/mol. The van der Waals surface area contributed by atoms with Crippen LogP contribution in [0.1, 0.15) is 116 Å². The molecule has 0 heterocycles. The monoisotopic (exact) mass is 972 g/mol. The maximum Gasteiger partial charge on any atom is 0.259 e. The number of rotatable bonds is 35. The van der Waals surface area contributed by atoms with E-state index in [1.54, 1.807) is 25.5 Å². The summed E-state index contributed by atoms with van der Waals surface area (Å²) in [6.45, 7) is 11.2. The van der Waals surface area contributed by atoms with Crippen molar-refractivity contribution >= 4 is 8.53 Å². The van der Waals surface area contributed by atoms with Crippen LogP contribution in [0.15, 0.2) is 78.9 Å². The summed E-state index contributed by atoms with van der Waals surface area (Å²) in [7, 11) is 1.54. The summed E-state index contributed by atoms with van der Waals surface area (Å²) in [5, 5.41) is 15.4. The first-order valence-electron chi connectivity index (χ1n) is 22.6. The molecule has 0 aromatic heterocycles. The number of nitrogens with zero attached hydrogens (tertiary/aromatic N) is 2. The van der Waals surface area contributed by atoms with Gasteiger partial charge in [0.1, 0.15) is 35.4 Å². The summed E-state index contributed by atoms with van der Waals surface area (Å²) in [6.07, 6.45) is 10.8. The maximum absolute atomic E-state index is 11.8. The van der Waals surface area contributed by atoms with Gasteiger partial charge in [-0.25, -0.2) is 4.67 Å². The van der Waals surface area contributed by atoms with E-state index in [4.69, 9.17) is 37.7 Å². The molecule has 0 bridgehead atoms. The molecule has 374 valence electrons. The van der Waals surface area contributed by atoms with Gasteiger partial charge in [-0.1, -0.05) is 96.2 Å². The number of nitriles is 1. The van der Waals surface area contributed by atoms with E-state index in [1.807, 2.05) is 78.9 Å². The van der Waals surface area contributed by atoms with Crippen molar-refractivity contribution in [1.82, 2.24) is 16.0 Å². The Labute approximate surface area is 401 Å². The van der Waals surface area contributed by atoms with E-state index < -0.39 is 20.2 Å². The van der Waals surface area contributed by atoms with Crippen LogP contribution in [0.4, 0.5) is 9.05 Å². The predicted octanol–water partition coefficient (Wildman–Crippen LogP) is 10.7. The second kappa shape index (κ2) is 33.8. The lowest BCUT2D eigenvalue weighted by molar-refractivity contribution is -0.489. The Bertz CT molecular complexity index is 1870. The number of ether oxygens (including phenoxy) is 4. The SMILES string of the molecule is CCCCC(CCCC#CONOOF)(CCCC#CONOOF)COCC(COC(c1ccccc1)(c1ccc(OC)cc1)c1ccc(OC)cc1)OP(OCCC#N)N(C(C)C)C(C)C. The van der Waals surface area contributed by atoms with Crippen molar-refractivity contribution < 1.29 is 66.9 Å². The molecule has 0 spiro atoms. The molecule has 19 heteroatoms. The average Bonchev–Trinajstić information content (AvgIpc) is 3.35. The molecule has 0 aliphatic rings. The van der Waals surface area contributed by atoms with Gasteiger partial charge in [0.15, 0.2) is 0 Å². The molecule has 0 saturated heterocycles. The number of halogens is 2. The van der Waals surface area contributed by atoms with Crippen LogP contribution in [0.5, 0.6) is 11.5 Å². The molecule has 0 amide bonds. The van der Waals surface area contributed by atoms with Crippen LogP contribution in [0.3, 0.4) is 0 Å². The highest BCUT2D eigenvalue weighted by atomic mass is 31.2. The first-order valence-corrected chi connectivity index (χ1v) is 23.7. The van der Waals surface area contributed by atoms with Crippen LogP contribution < -0.4 is 20.8 Å². The molecular formula is C49H67F2N4O12P. The van der Waals surface area contributed by atoms with Crippen molar-refractivity contribution in [3.05, 3.63) is 95.6 Å². The van der Waals surface area contributed by atoms with Crippen molar-refractivity contribution in [1.29, 1.82) is 5.26 Å². The Morgan fingerprint density at radius 1 is 0.691 bits per heavy atom. The van der Waals surface area contributed by atoms with Gasteiger partial charge in [0, 0.05) is 36.2 Å². The van der Waals surface area contributed by atoms with Crippen molar-refractivity contribution in [2.45, 2.75) is 123 Å². The Morgan fingerprint density at radius 2 is 1.21 bits per heavy atom. The van der Waals surface area contributed by atoms with Gasteiger partial charge in [-0.3, -0.25) is 0 Å². The molecule has 0 fully saturated rings. The summed E-state index contributed by atoms with van der Waals surface area (Å²) >= 11 is 0. The maximum atomic E-state index is 11.8. The number of nitrogens with one attached hydrogen (secondary N) is 2. The third-order valence-electron chi connectivity index (χ3n) is 10.8. The van der Waals surface area contributed by atoms with E-state index in [-0.39, 0.29) is 43.7 Å². The zero-order valence-electron chi connectivity index (χ0n) is 40.1. The quantitative estimate of drug-likeness (QED) is 0.0143. The molecule has 3 rings (SSSR count). The second-order valence-electron chi connectivity index (χ2n) is 16.1. The predicted molar refractivity (Wildman–Crippen MR) is 249 cm³/mol. The van der Waals surface area contributed by atoms with Crippen LogP contribution in [-0.4, -0.2) is 63.5 Å². The number of hydrogen-bond acceptors (Lipinski definition) is 16. The molecule has 3 aromatic carbocycles. The van der Waals surface area contributed by atoms with Crippen LogP contribution in [0.25, 0.3) is 0 Å². The van der Waals surface area contributed by atoms with Crippen LogP contribution in [0, 0.1) is 40.8 Å². The number of unbranched alkanes of at least 4 members (excludes halogenated alkanes) is 3. The molecule has 2 atom stereocenters. The molecule has 0 aliphatic heterocycles. The highest BCUT2D eigenvalue weighted by molar-refractivity contribution is 7.44. The van der Waals surface area contributed by atoms with E-state index >= 15 is 0 Å². The van der Waals surface area contributed by atoms with E-state index in [9.17, 15) is 14.3 Å². The minimum Gasteiger partial charge on any atom is -0.497 e. The summed E-state index contributed by atoms with van der Waals surface area (Å²) in [5.41, 5.74) is 4.63. The third kappa shape index (κ3) is 19.7. The van der Waals surface area contributed by atoms with Gasteiger partial charge in [0.2, 0.25) is 0 Å². The van der Waals surface area contributed by atoms with E-state index in [0.29, 0.717) is 43.8 Å². The van der Waals surface area contributed by atoms with Gasteiger partial charge in [0.25, 0.3) is 8.53 Å². The number of methoxy groups -OCH3 is 2. The van der Waals surface area contributed by atoms with Crippen LogP contribution in [-0.2, 0) is 54.0 Å². The fraction of sp³-hybridized carbons (Fsp3) is 0.531. The van der Waals surface area contributed by atoms with Crippen molar-refractivity contribution in [2.24, 2.45) is 5.41 Å². The minimum atomic E-state index is -1.72. The Morgan fingerprint density at radius 3 is 1.68 bits per heavy atom. The summed E-state index contributed by atoms with van der Waals surface area (Å²) in [5.74, 6) is 7.17. The van der Waals surface area contributed by atoms with Gasteiger partial charge in [-0.2, -0.15) is 5.26 Å². The fourth-order valence-corrected chi connectivity index (χ4v) is 9.43. The van der Waals surface area contributed by atoms with E-state index in [1.165, 1.54) is 0 Å². The minimum absolute atomic E-state index is 0.0389. The first-order chi connectivity index (χ1) is 33.1. The second-order valence-corrected chi connectivity index (χ2v) is 17.5. The molecule has 68 heavy (non-hydrogen) atoms. The van der Waals surface area contributed by atoms with E-state index in [2.05, 4.69) is 89.6 Å².